The summed E-state index contributed by atoms with van der Waals surface area (Å²) in [6.07, 6.45) is 0. The smallest absolute Gasteiger partial charge is 0.226 e. The van der Waals surface area contributed by atoms with Gasteiger partial charge in [0, 0.05) is 31.4 Å². The lowest BCUT2D eigenvalue weighted by molar-refractivity contribution is 0.198. The number of aryl methyl sites for hydroxylation is 1. The van der Waals surface area contributed by atoms with Crippen LogP contribution in [0.1, 0.15) is 25.2 Å². The van der Waals surface area contributed by atoms with Gasteiger partial charge in [0.05, 0.1) is 0 Å². The van der Waals surface area contributed by atoms with Crippen molar-refractivity contribution in [3.05, 3.63) is 17.5 Å². The fourth-order valence-corrected chi connectivity index (χ4v) is 2.52. The van der Waals surface area contributed by atoms with E-state index in [4.69, 9.17) is 10.9 Å². The van der Waals surface area contributed by atoms with Crippen molar-refractivity contribution in [2.24, 2.45) is 10.9 Å². The molecule has 0 spiro atoms. The molecule has 1 aromatic rings. The Hall–Kier alpha value is -1.89. The number of rotatable bonds is 3. The molecular formula is C13H22N6O. The maximum atomic E-state index is 8.77. The molecule has 1 atom stereocenters. The Morgan fingerprint density at radius 1 is 1.50 bits per heavy atom. The minimum atomic E-state index is 0.0111. The van der Waals surface area contributed by atoms with Crippen molar-refractivity contribution in [1.82, 2.24) is 14.9 Å². The molecule has 1 aliphatic rings. The third kappa shape index (κ3) is 2.98. The Bertz CT molecular complexity index is 504. The van der Waals surface area contributed by atoms with Crippen LogP contribution < -0.4 is 10.6 Å². The van der Waals surface area contributed by atoms with E-state index in [0.717, 1.165) is 31.9 Å². The van der Waals surface area contributed by atoms with Crippen LogP contribution in [0.15, 0.2) is 11.2 Å². The van der Waals surface area contributed by atoms with Crippen molar-refractivity contribution >= 4 is 11.8 Å². The molecule has 0 saturated carbocycles. The van der Waals surface area contributed by atoms with Gasteiger partial charge >= 0.3 is 0 Å². The molecule has 0 amide bonds. The molecule has 1 unspecified atom stereocenters. The largest absolute Gasteiger partial charge is 0.409 e. The predicted octanol–water partition coefficient (Wildman–Crippen LogP) is 0.410. The van der Waals surface area contributed by atoms with Gasteiger partial charge in [-0.15, -0.1) is 0 Å². The summed E-state index contributed by atoms with van der Waals surface area (Å²) in [5, 5.41) is 11.8. The molecule has 2 rings (SSSR count). The van der Waals surface area contributed by atoms with E-state index in [1.807, 2.05) is 6.92 Å². The zero-order valence-corrected chi connectivity index (χ0v) is 12.2. The number of amidine groups is 1. The summed E-state index contributed by atoms with van der Waals surface area (Å²) < 4.78 is 0. The average Bonchev–Trinajstić information content (AvgIpc) is 2.45. The van der Waals surface area contributed by atoms with Crippen molar-refractivity contribution in [3.63, 3.8) is 0 Å². The summed E-state index contributed by atoms with van der Waals surface area (Å²) in [6.45, 7) is 10.1. The third-order valence-electron chi connectivity index (χ3n) is 3.67. The molecule has 3 N–H and O–H groups in total. The number of likely N-dealkylation sites (N-methyl/N-ethyl adjacent to an activating group) is 1. The lowest BCUT2D eigenvalue weighted by Crippen LogP contribution is -2.52. The molecule has 20 heavy (non-hydrogen) atoms. The van der Waals surface area contributed by atoms with Crippen molar-refractivity contribution in [2.75, 3.05) is 31.1 Å². The van der Waals surface area contributed by atoms with E-state index < -0.39 is 0 Å². The molecule has 0 radical (unpaired) electrons. The highest BCUT2D eigenvalue weighted by molar-refractivity contribution is 5.95. The second-order valence-corrected chi connectivity index (χ2v) is 5.10. The van der Waals surface area contributed by atoms with Gasteiger partial charge in [-0.3, -0.25) is 4.90 Å². The number of aromatic nitrogens is 2. The summed E-state index contributed by atoms with van der Waals surface area (Å²) in [4.78, 5) is 13.4. The summed E-state index contributed by atoms with van der Waals surface area (Å²) in [5.41, 5.74) is 6.88. The van der Waals surface area contributed by atoms with E-state index in [9.17, 15) is 0 Å². The number of hydrogen-bond acceptors (Lipinski definition) is 6. The van der Waals surface area contributed by atoms with Crippen LogP contribution >= 0.6 is 0 Å². The monoisotopic (exact) mass is 278 g/mol. The van der Waals surface area contributed by atoms with E-state index >= 15 is 0 Å². The molecule has 110 valence electrons. The molecule has 1 saturated heterocycles. The standard InChI is InChI=1S/C13H22N6O/c1-4-18-5-6-19(8-10(18)3)13-15-9(2)7-11(16-13)12(14)17-20/h7,10,20H,4-6,8H2,1-3H3,(H2,14,17). The van der Waals surface area contributed by atoms with Crippen LogP contribution in [0, 0.1) is 6.92 Å². The highest BCUT2D eigenvalue weighted by Crippen LogP contribution is 2.16. The van der Waals surface area contributed by atoms with E-state index in [1.54, 1.807) is 6.07 Å². The second-order valence-electron chi connectivity index (χ2n) is 5.10. The van der Waals surface area contributed by atoms with Gasteiger partial charge in [-0.05, 0) is 26.5 Å². The summed E-state index contributed by atoms with van der Waals surface area (Å²) in [6, 6.07) is 2.18. The van der Waals surface area contributed by atoms with Crippen LogP contribution in [-0.2, 0) is 0 Å². The Balaban J connectivity index is 2.23. The molecule has 0 aromatic carbocycles. The van der Waals surface area contributed by atoms with Gasteiger partial charge in [-0.2, -0.15) is 0 Å². The number of hydrogen-bond donors (Lipinski definition) is 2. The lowest BCUT2D eigenvalue weighted by atomic mass is 10.2. The first-order valence-corrected chi connectivity index (χ1v) is 6.87. The average molecular weight is 278 g/mol. The zero-order chi connectivity index (χ0) is 14.7. The fourth-order valence-electron chi connectivity index (χ4n) is 2.52. The summed E-state index contributed by atoms with van der Waals surface area (Å²) >= 11 is 0. The van der Waals surface area contributed by atoms with Crippen LogP contribution in [0.5, 0.6) is 0 Å². The van der Waals surface area contributed by atoms with Gasteiger partial charge in [0.25, 0.3) is 0 Å². The van der Waals surface area contributed by atoms with Gasteiger partial charge in [0.2, 0.25) is 5.95 Å². The first kappa shape index (κ1) is 14.5. The molecule has 0 bridgehead atoms. The van der Waals surface area contributed by atoms with E-state index in [2.05, 4.69) is 38.8 Å². The van der Waals surface area contributed by atoms with Crippen LogP contribution in [-0.4, -0.2) is 58.1 Å². The van der Waals surface area contributed by atoms with Crippen molar-refractivity contribution in [1.29, 1.82) is 0 Å². The van der Waals surface area contributed by atoms with Crippen LogP contribution in [0.3, 0.4) is 0 Å². The molecule has 1 aliphatic heterocycles. The second kappa shape index (κ2) is 6.04. The lowest BCUT2D eigenvalue weighted by Gasteiger charge is -2.39. The number of anilines is 1. The first-order valence-electron chi connectivity index (χ1n) is 6.87. The summed E-state index contributed by atoms with van der Waals surface area (Å²) in [7, 11) is 0. The Labute approximate surface area is 119 Å². The van der Waals surface area contributed by atoms with Gasteiger partial charge in [0.15, 0.2) is 5.84 Å². The van der Waals surface area contributed by atoms with Gasteiger partial charge in [-0.1, -0.05) is 12.1 Å². The minimum Gasteiger partial charge on any atom is -0.409 e. The van der Waals surface area contributed by atoms with Crippen LogP contribution in [0.4, 0.5) is 5.95 Å². The third-order valence-corrected chi connectivity index (χ3v) is 3.67. The molecule has 2 heterocycles. The van der Waals surface area contributed by atoms with Crippen LogP contribution in [0.2, 0.25) is 0 Å². The number of oxime groups is 1. The molecular weight excluding hydrogens is 256 g/mol. The van der Waals surface area contributed by atoms with Crippen LogP contribution in [0.25, 0.3) is 0 Å². The van der Waals surface area contributed by atoms with Crippen molar-refractivity contribution in [2.45, 2.75) is 26.8 Å². The Morgan fingerprint density at radius 3 is 2.85 bits per heavy atom. The van der Waals surface area contributed by atoms with E-state index in [-0.39, 0.29) is 5.84 Å². The number of piperazine rings is 1. The van der Waals surface area contributed by atoms with Gasteiger partial charge < -0.3 is 15.8 Å². The first-order chi connectivity index (χ1) is 9.55. The maximum absolute atomic E-state index is 8.77. The highest BCUT2D eigenvalue weighted by atomic mass is 16.4. The fraction of sp³-hybridized carbons (Fsp3) is 0.615. The minimum absolute atomic E-state index is 0.0111. The van der Waals surface area contributed by atoms with Gasteiger partial charge in [0.1, 0.15) is 5.69 Å². The normalized spacial score (nSPS) is 21.2. The molecule has 7 nitrogen and oxygen atoms in total. The Morgan fingerprint density at radius 2 is 2.25 bits per heavy atom. The summed E-state index contributed by atoms with van der Waals surface area (Å²) in [5.74, 6) is 0.659. The maximum Gasteiger partial charge on any atom is 0.226 e. The molecule has 0 aliphatic carbocycles. The van der Waals surface area contributed by atoms with Gasteiger partial charge in [-0.25, -0.2) is 9.97 Å². The topological polar surface area (TPSA) is 90.9 Å². The molecule has 1 fully saturated rings. The quantitative estimate of drug-likeness (QED) is 0.360. The number of nitrogens with zero attached hydrogens (tertiary/aromatic N) is 5. The number of nitrogens with two attached hydrogens (primary N) is 1. The molecule has 1 aromatic heterocycles. The van der Waals surface area contributed by atoms with Crippen molar-refractivity contribution < 1.29 is 5.21 Å². The Kier molecular flexibility index (Phi) is 4.39. The molecule has 7 heteroatoms. The zero-order valence-electron chi connectivity index (χ0n) is 12.2. The van der Waals surface area contributed by atoms with E-state index in [1.165, 1.54) is 0 Å². The van der Waals surface area contributed by atoms with E-state index in [0.29, 0.717) is 17.7 Å². The highest BCUT2D eigenvalue weighted by Gasteiger charge is 2.24. The van der Waals surface area contributed by atoms with Crippen molar-refractivity contribution in [3.8, 4) is 0 Å². The SMILES string of the molecule is CCN1CCN(c2nc(C)cc(/C(N)=N/O)n2)CC1C. The predicted molar refractivity (Wildman–Crippen MR) is 78.2 cm³/mol.